The average Bonchev–Trinajstić information content (AvgIpc) is 2.69. The van der Waals surface area contributed by atoms with Crippen molar-refractivity contribution in [3.8, 4) is 0 Å². The standard InChI is InChI=1S/C22H42N2O2S/c1-2-16-23-18-20-27-19-13-17-24-22(25)26-21-14-11-9-7-5-3-4-6-8-10-12-15-21/h2,21,23H,1,3-20H2,(H,24,25). The van der Waals surface area contributed by atoms with Crippen LogP contribution in [-0.2, 0) is 4.74 Å². The molecule has 0 bridgehead atoms. The molecule has 1 aliphatic carbocycles. The van der Waals surface area contributed by atoms with Crippen molar-refractivity contribution < 1.29 is 9.53 Å². The molecule has 1 rings (SSSR count). The van der Waals surface area contributed by atoms with E-state index in [2.05, 4.69) is 17.2 Å². The zero-order valence-electron chi connectivity index (χ0n) is 17.3. The van der Waals surface area contributed by atoms with Crippen molar-refractivity contribution in [3.63, 3.8) is 0 Å². The van der Waals surface area contributed by atoms with Crippen LogP contribution < -0.4 is 10.6 Å². The molecule has 1 aliphatic rings. The summed E-state index contributed by atoms with van der Waals surface area (Å²) in [4.78, 5) is 12.1. The minimum atomic E-state index is -0.220. The smallest absolute Gasteiger partial charge is 0.407 e. The molecule has 27 heavy (non-hydrogen) atoms. The van der Waals surface area contributed by atoms with Crippen LogP contribution in [0.4, 0.5) is 4.79 Å². The van der Waals surface area contributed by atoms with Gasteiger partial charge < -0.3 is 15.4 Å². The molecule has 1 saturated carbocycles. The third-order valence-corrected chi connectivity index (χ3v) is 6.09. The molecule has 0 radical (unpaired) electrons. The molecular weight excluding hydrogens is 356 g/mol. The molecule has 0 unspecified atom stereocenters. The van der Waals surface area contributed by atoms with Crippen molar-refractivity contribution in [2.45, 2.75) is 89.6 Å². The van der Waals surface area contributed by atoms with Gasteiger partial charge in [0.25, 0.3) is 0 Å². The van der Waals surface area contributed by atoms with Gasteiger partial charge in [0, 0.05) is 25.4 Å². The topological polar surface area (TPSA) is 50.4 Å². The Kier molecular flexibility index (Phi) is 16.8. The highest BCUT2D eigenvalue weighted by Gasteiger charge is 2.14. The first-order valence-electron chi connectivity index (χ1n) is 11.2. The maximum Gasteiger partial charge on any atom is 0.407 e. The van der Waals surface area contributed by atoms with E-state index < -0.39 is 0 Å². The van der Waals surface area contributed by atoms with Gasteiger partial charge in [-0.05, 0) is 37.9 Å². The minimum absolute atomic E-state index is 0.107. The summed E-state index contributed by atoms with van der Waals surface area (Å²) < 4.78 is 5.72. The van der Waals surface area contributed by atoms with Crippen LogP contribution in [0.1, 0.15) is 83.5 Å². The molecule has 0 aromatic heterocycles. The third-order valence-electron chi connectivity index (χ3n) is 5.02. The zero-order chi connectivity index (χ0) is 19.4. The van der Waals surface area contributed by atoms with Crippen LogP contribution in [0.5, 0.6) is 0 Å². The van der Waals surface area contributed by atoms with E-state index in [-0.39, 0.29) is 12.2 Å². The number of alkyl carbamates (subject to hydrolysis) is 1. The van der Waals surface area contributed by atoms with E-state index in [0.717, 1.165) is 43.9 Å². The van der Waals surface area contributed by atoms with E-state index >= 15 is 0 Å². The Morgan fingerprint density at radius 3 is 2.11 bits per heavy atom. The first-order valence-corrected chi connectivity index (χ1v) is 12.3. The van der Waals surface area contributed by atoms with Gasteiger partial charge in [0.15, 0.2) is 0 Å². The lowest BCUT2D eigenvalue weighted by Crippen LogP contribution is -2.30. The first-order chi connectivity index (χ1) is 13.3. The summed E-state index contributed by atoms with van der Waals surface area (Å²) in [5, 5.41) is 6.22. The average molecular weight is 399 g/mol. The van der Waals surface area contributed by atoms with Crippen molar-refractivity contribution in [3.05, 3.63) is 12.7 Å². The number of hydrogen-bond donors (Lipinski definition) is 2. The molecular formula is C22H42N2O2S. The van der Waals surface area contributed by atoms with E-state index in [4.69, 9.17) is 4.74 Å². The molecule has 0 aromatic rings. The van der Waals surface area contributed by atoms with Gasteiger partial charge in [0.1, 0.15) is 6.10 Å². The largest absolute Gasteiger partial charge is 0.446 e. The van der Waals surface area contributed by atoms with Crippen LogP contribution >= 0.6 is 11.8 Å². The fourth-order valence-corrected chi connectivity index (χ4v) is 4.27. The molecule has 1 fully saturated rings. The van der Waals surface area contributed by atoms with Gasteiger partial charge in [-0.1, -0.05) is 57.4 Å². The number of thioether (sulfide) groups is 1. The number of carbonyl (C=O) groups is 1. The maximum atomic E-state index is 12.1. The van der Waals surface area contributed by atoms with E-state index in [9.17, 15) is 4.79 Å². The van der Waals surface area contributed by atoms with Crippen molar-refractivity contribution in [2.24, 2.45) is 0 Å². The van der Waals surface area contributed by atoms with Crippen molar-refractivity contribution in [1.82, 2.24) is 10.6 Å². The van der Waals surface area contributed by atoms with Gasteiger partial charge in [-0.2, -0.15) is 11.8 Å². The molecule has 2 N–H and O–H groups in total. The second-order valence-corrected chi connectivity index (χ2v) is 8.75. The second-order valence-electron chi connectivity index (χ2n) is 7.53. The van der Waals surface area contributed by atoms with Crippen molar-refractivity contribution in [2.75, 3.05) is 31.1 Å². The number of nitrogens with one attached hydrogen (secondary N) is 2. The Bertz CT molecular complexity index is 352. The summed E-state index contributed by atoms with van der Waals surface area (Å²) in [6, 6.07) is 0. The highest BCUT2D eigenvalue weighted by Crippen LogP contribution is 2.18. The Morgan fingerprint density at radius 1 is 0.926 bits per heavy atom. The molecule has 0 saturated heterocycles. The SMILES string of the molecule is C=CCNCCSCCCNC(=O)OC1CCCCCCCCCCCC1. The fraction of sp³-hybridized carbons (Fsp3) is 0.864. The monoisotopic (exact) mass is 398 g/mol. The number of carbonyl (C=O) groups excluding carboxylic acids is 1. The number of ether oxygens (including phenoxy) is 1. The summed E-state index contributed by atoms with van der Waals surface area (Å²) in [5.74, 6) is 2.17. The number of amides is 1. The van der Waals surface area contributed by atoms with Gasteiger partial charge in [0.2, 0.25) is 0 Å². The molecule has 0 aliphatic heterocycles. The van der Waals surface area contributed by atoms with Gasteiger partial charge >= 0.3 is 6.09 Å². The molecule has 0 aromatic carbocycles. The fourth-order valence-electron chi connectivity index (χ4n) is 3.43. The van der Waals surface area contributed by atoms with E-state index in [1.165, 1.54) is 64.2 Å². The van der Waals surface area contributed by atoms with Gasteiger partial charge in [-0.15, -0.1) is 6.58 Å². The second kappa shape index (κ2) is 18.7. The lowest BCUT2D eigenvalue weighted by molar-refractivity contribution is 0.0843. The molecule has 0 spiro atoms. The molecule has 0 atom stereocenters. The zero-order valence-corrected chi connectivity index (χ0v) is 18.1. The highest BCUT2D eigenvalue weighted by molar-refractivity contribution is 7.99. The van der Waals surface area contributed by atoms with Crippen LogP contribution in [-0.4, -0.2) is 43.3 Å². The normalized spacial score (nSPS) is 17.9. The Balaban J connectivity index is 2.09. The quantitative estimate of drug-likeness (QED) is 0.367. The predicted molar refractivity (Wildman–Crippen MR) is 119 cm³/mol. The summed E-state index contributed by atoms with van der Waals surface area (Å²) >= 11 is 1.92. The van der Waals surface area contributed by atoms with Crippen LogP contribution in [0, 0.1) is 0 Å². The molecule has 0 heterocycles. The first kappa shape index (κ1) is 24.4. The molecule has 5 heteroatoms. The summed E-state index contributed by atoms with van der Waals surface area (Å²) in [7, 11) is 0. The van der Waals surface area contributed by atoms with Crippen LogP contribution in [0.15, 0.2) is 12.7 Å². The van der Waals surface area contributed by atoms with Gasteiger partial charge in [0.05, 0.1) is 0 Å². The molecule has 158 valence electrons. The lowest BCUT2D eigenvalue weighted by Gasteiger charge is -2.18. The van der Waals surface area contributed by atoms with E-state index in [1.807, 2.05) is 17.8 Å². The Labute approximate surface area is 171 Å². The predicted octanol–water partition coefficient (Wildman–Crippen LogP) is 5.67. The Morgan fingerprint density at radius 2 is 1.52 bits per heavy atom. The van der Waals surface area contributed by atoms with Crippen LogP contribution in [0.25, 0.3) is 0 Å². The van der Waals surface area contributed by atoms with Gasteiger partial charge in [-0.25, -0.2) is 4.79 Å². The summed E-state index contributed by atoms with van der Waals surface area (Å²) in [5.41, 5.74) is 0. The van der Waals surface area contributed by atoms with E-state index in [1.54, 1.807) is 0 Å². The third kappa shape index (κ3) is 16.0. The summed E-state index contributed by atoms with van der Waals surface area (Å²) in [6.45, 7) is 6.27. The number of hydrogen-bond acceptors (Lipinski definition) is 4. The van der Waals surface area contributed by atoms with E-state index in [0.29, 0.717) is 6.54 Å². The maximum absolute atomic E-state index is 12.1. The highest BCUT2D eigenvalue weighted by atomic mass is 32.2. The van der Waals surface area contributed by atoms with Crippen LogP contribution in [0.2, 0.25) is 0 Å². The van der Waals surface area contributed by atoms with Crippen LogP contribution in [0.3, 0.4) is 0 Å². The molecule has 1 amide bonds. The number of rotatable bonds is 10. The minimum Gasteiger partial charge on any atom is -0.446 e. The Hall–Kier alpha value is -0.680. The summed E-state index contributed by atoms with van der Waals surface area (Å²) in [6.07, 6.45) is 17.9. The molecule has 4 nitrogen and oxygen atoms in total. The van der Waals surface area contributed by atoms with Crippen molar-refractivity contribution >= 4 is 17.9 Å². The van der Waals surface area contributed by atoms with Gasteiger partial charge in [-0.3, -0.25) is 0 Å². The lowest BCUT2D eigenvalue weighted by atomic mass is 10.0. The van der Waals surface area contributed by atoms with Crippen molar-refractivity contribution in [1.29, 1.82) is 0 Å².